The van der Waals surface area contributed by atoms with Gasteiger partial charge < -0.3 is 14.6 Å². The molecule has 0 atom stereocenters. The van der Waals surface area contributed by atoms with Gasteiger partial charge in [0, 0.05) is 6.42 Å². The molecule has 0 unspecified atom stereocenters. The van der Waals surface area contributed by atoms with Crippen LogP contribution in [0.25, 0.3) is 0 Å². The summed E-state index contributed by atoms with van der Waals surface area (Å²) in [7, 11) is 1.58. The minimum atomic E-state index is -0.799. The van der Waals surface area contributed by atoms with E-state index in [1.807, 2.05) is 26.0 Å². The Bertz CT molecular complexity index is 385. The Morgan fingerprint density at radius 3 is 2.59 bits per heavy atom. The predicted octanol–water partition coefficient (Wildman–Crippen LogP) is 2.50. The van der Waals surface area contributed by atoms with Crippen molar-refractivity contribution < 1.29 is 19.4 Å². The normalized spacial score (nSPS) is 10.4. The van der Waals surface area contributed by atoms with Gasteiger partial charge in [0.05, 0.1) is 13.2 Å². The first-order valence-corrected chi connectivity index (χ1v) is 5.58. The van der Waals surface area contributed by atoms with Crippen molar-refractivity contribution in [3.63, 3.8) is 0 Å². The number of aliphatic carboxylic acids is 1. The molecule has 0 saturated heterocycles. The maximum Gasteiger partial charge on any atom is 0.303 e. The van der Waals surface area contributed by atoms with Crippen LogP contribution in [0.2, 0.25) is 0 Å². The van der Waals surface area contributed by atoms with Crippen molar-refractivity contribution >= 4 is 5.97 Å². The molecule has 4 heteroatoms. The second kappa shape index (κ2) is 6.13. The molecular formula is C13H18O4. The lowest BCUT2D eigenvalue weighted by molar-refractivity contribution is -0.136. The average molecular weight is 238 g/mol. The van der Waals surface area contributed by atoms with E-state index in [0.717, 1.165) is 5.56 Å². The molecule has 0 spiro atoms. The molecule has 1 rings (SSSR count). The number of ether oxygens (including phenoxy) is 2. The summed E-state index contributed by atoms with van der Waals surface area (Å²) >= 11 is 0. The standard InChI is InChI=1S/C13H18O4/c1-9(2)17-12-8-10(5-7-13(14)15)4-6-11(12)16-3/h4,6,8-9H,5,7H2,1-3H3,(H,14,15). The van der Waals surface area contributed by atoms with Crippen LogP contribution in [0.1, 0.15) is 25.8 Å². The molecule has 0 aliphatic rings. The van der Waals surface area contributed by atoms with Gasteiger partial charge in [-0.05, 0) is 38.0 Å². The van der Waals surface area contributed by atoms with Crippen LogP contribution in [0.5, 0.6) is 11.5 Å². The molecule has 1 aromatic rings. The van der Waals surface area contributed by atoms with Gasteiger partial charge in [-0.3, -0.25) is 4.79 Å². The van der Waals surface area contributed by atoms with E-state index in [9.17, 15) is 4.79 Å². The Kier molecular flexibility index (Phi) is 4.82. The van der Waals surface area contributed by atoms with E-state index in [-0.39, 0.29) is 12.5 Å². The van der Waals surface area contributed by atoms with Crippen LogP contribution in [0.15, 0.2) is 18.2 Å². The lowest BCUT2D eigenvalue weighted by Gasteiger charge is -2.14. The summed E-state index contributed by atoms with van der Waals surface area (Å²) in [5.41, 5.74) is 0.934. The summed E-state index contributed by atoms with van der Waals surface area (Å²) in [4.78, 5) is 10.5. The van der Waals surface area contributed by atoms with E-state index in [0.29, 0.717) is 17.9 Å². The maximum absolute atomic E-state index is 10.5. The van der Waals surface area contributed by atoms with Crippen LogP contribution in [0, 0.1) is 0 Å². The summed E-state index contributed by atoms with van der Waals surface area (Å²) in [6.07, 6.45) is 0.667. The van der Waals surface area contributed by atoms with E-state index >= 15 is 0 Å². The molecule has 0 aliphatic heterocycles. The number of aryl methyl sites for hydroxylation is 1. The van der Waals surface area contributed by atoms with Crippen LogP contribution >= 0.6 is 0 Å². The third-order valence-corrected chi connectivity index (χ3v) is 2.22. The topological polar surface area (TPSA) is 55.8 Å². The van der Waals surface area contributed by atoms with Crippen LogP contribution in [-0.2, 0) is 11.2 Å². The Morgan fingerprint density at radius 2 is 2.06 bits per heavy atom. The molecule has 1 aromatic carbocycles. The molecule has 0 amide bonds. The van der Waals surface area contributed by atoms with Crippen molar-refractivity contribution in [2.45, 2.75) is 32.8 Å². The maximum atomic E-state index is 10.5. The summed E-state index contributed by atoms with van der Waals surface area (Å²) < 4.78 is 10.8. The van der Waals surface area contributed by atoms with Crippen LogP contribution in [0.3, 0.4) is 0 Å². The average Bonchev–Trinajstić information content (AvgIpc) is 2.25. The fourth-order valence-electron chi connectivity index (χ4n) is 1.47. The minimum Gasteiger partial charge on any atom is -0.493 e. The number of methoxy groups -OCH3 is 1. The van der Waals surface area contributed by atoms with Gasteiger partial charge in [0.15, 0.2) is 11.5 Å². The Balaban J connectivity index is 2.84. The highest BCUT2D eigenvalue weighted by Gasteiger charge is 2.08. The number of benzene rings is 1. The van der Waals surface area contributed by atoms with Crippen molar-refractivity contribution in [1.82, 2.24) is 0 Å². The number of carboxylic acid groups (broad SMARTS) is 1. The van der Waals surface area contributed by atoms with Crippen molar-refractivity contribution in [2.75, 3.05) is 7.11 Å². The number of carboxylic acids is 1. The van der Waals surface area contributed by atoms with E-state index in [1.165, 1.54) is 0 Å². The van der Waals surface area contributed by atoms with Gasteiger partial charge in [-0.15, -0.1) is 0 Å². The lowest BCUT2D eigenvalue weighted by Crippen LogP contribution is -2.07. The predicted molar refractivity (Wildman–Crippen MR) is 64.7 cm³/mol. The highest BCUT2D eigenvalue weighted by atomic mass is 16.5. The molecule has 0 bridgehead atoms. The van der Waals surface area contributed by atoms with E-state index < -0.39 is 5.97 Å². The third kappa shape index (κ3) is 4.34. The van der Waals surface area contributed by atoms with E-state index in [1.54, 1.807) is 13.2 Å². The Morgan fingerprint density at radius 1 is 1.35 bits per heavy atom. The largest absolute Gasteiger partial charge is 0.493 e. The minimum absolute atomic E-state index is 0.0543. The molecule has 0 radical (unpaired) electrons. The molecule has 94 valence electrons. The van der Waals surface area contributed by atoms with Gasteiger partial charge >= 0.3 is 5.97 Å². The summed E-state index contributed by atoms with van der Waals surface area (Å²) in [5, 5.41) is 8.63. The first-order chi connectivity index (χ1) is 8.02. The number of hydrogen-bond acceptors (Lipinski definition) is 3. The SMILES string of the molecule is COc1ccc(CCC(=O)O)cc1OC(C)C. The van der Waals surface area contributed by atoms with Crippen molar-refractivity contribution in [3.05, 3.63) is 23.8 Å². The zero-order chi connectivity index (χ0) is 12.8. The second-order valence-electron chi connectivity index (χ2n) is 4.05. The first kappa shape index (κ1) is 13.4. The van der Waals surface area contributed by atoms with Crippen LogP contribution in [-0.4, -0.2) is 24.3 Å². The quantitative estimate of drug-likeness (QED) is 0.827. The molecule has 4 nitrogen and oxygen atoms in total. The Labute approximate surface area is 101 Å². The smallest absolute Gasteiger partial charge is 0.303 e. The molecule has 0 heterocycles. The van der Waals surface area contributed by atoms with Crippen molar-refractivity contribution in [2.24, 2.45) is 0 Å². The van der Waals surface area contributed by atoms with Gasteiger partial charge in [-0.2, -0.15) is 0 Å². The summed E-state index contributed by atoms with van der Waals surface area (Å²) in [6, 6.07) is 5.49. The molecule has 0 aromatic heterocycles. The second-order valence-corrected chi connectivity index (χ2v) is 4.05. The Hall–Kier alpha value is -1.71. The molecule has 0 saturated carbocycles. The fraction of sp³-hybridized carbons (Fsp3) is 0.462. The van der Waals surface area contributed by atoms with Crippen molar-refractivity contribution in [1.29, 1.82) is 0 Å². The van der Waals surface area contributed by atoms with E-state index in [2.05, 4.69) is 0 Å². The number of carbonyl (C=O) groups is 1. The van der Waals surface area contributed by atoms with Gasteiger partial charge in [0.25, 0.3) is 0 Å². The van der Waals surface area contributed by atoms with Crippen molar-refractivity contribution in [3.8, 4) is 11.5 Å². The van der Waals surface area contributed by atoms with E-state index in [4.69, 9.17) is 14.6 Å². The van der Waals surface area contributed by atoms with Gasteiger partial charge in [0.2, 0.25) is 0 Å². The fourth-order valence-corrected chi connectivity index (χ4v) is 1.47. The zero-order valence-corrected chi connectivity index (χ0v) is 10.4. The molecule has 0 fully saturated rings. The summed E-state index contributed by atoms with van der Waals surface area (Å²) in [6.45, 7) is 3.87. The third-order valence-electron chi connectivity index (χ3n) is 2.22. The molecular weight excluding hydrogens is 220 g/mol. The molecule has 0 aliphatic carbocycles. The van der Waals surface area contributed by atoms with Crippen LogP contribution < -0.4 is 9.47 Å². The first-order valence-electron chi connectivity index (χ1n) is 5.58. The van der Waals surface area contributed by atoms with Crippen LogP contribution in [0.4, 0.5) is 0 Å². The van der Waals surface area contributed by atoms with Gasteiger partial charge in [-0.1, -0.05) is 6.07 Å². The lowest BCUT2D eigenvalue weighted by atomic mass is 10.1. The van der Waals surface area contributed by atoms with Gasteiger partial charge in [-0.25, -0.2) is 0 Å². The molecule has 17 heavy (non-hydrogen) atoms. The number of hydrogen-bond donors (Lipinski definition) is 1. The van der Waals surface area contributed by atoms with Gasteiger partial charge in [0.1, 0.15) is 0 Å². The highest BCUT2D eigenvalue weighted by molar-refractivity contribution is 5.67. The summed E-state index contributed by atoms with van der Waals surface area (Å²) in [5.74, 6) is 0.523. The number of rotatable bonds is 6. The zero-order valence-electron chi connectivity index (χ0n) is 10.4. The monoisotopic (exact) mass is 238 g/mol. The highest BCUT2D eigenvalue weighted by Crippen LogP contribution is 2.29. The molecule has 1 N–H and O–H groups in total.